The van der Waals surface area contributed by atoms with Crippen molar-refractivity contribution in [2.45, 2.75) is 31.8 Å². The molecule has 1 aliphatic carbocycles. The molecule has 1 fully saturated rings. The minimum absolute atomic E-state index is 0.00609. The first-order valence-corrected chi connectivity index (χ1v) is 7.12. The molecule has 2 aromatic rings. The number of hydrogen-bond donors (Lipinski definition) is 2. The Balaban J connectivity index is 1.82. The Labute approximate surface area is 126 Å². The quantitative estimate of drug-likeness (QED) is 0.826. The fourth-order valence-electron chi connectivity index (χ4n) is 3.16. The van der Waals surface area contributed by atoms with Gasteiger partial charge in [-0.25, -0.2) is 15.0 Å². The molecule has 116 valence electrons. The summed E-state index contributed by atoms with van der Waals surface area (Å²) >= 11 is 0. The topological polar surface area (TPSA) is 108 Å². The number of ether oxygens (including phenoxy) is 2. The van der Waals surface area contributed by atoms with Crippen LogP contribution in [-0.4, -0.2) is 49.2 Å². The molecule has 22 heavy (non-hydrogen) atoms. The van der Waals surface area contributed by atoms with Crippen LogP contribution in [0.1, 0.15) is 13.8 Å². The molecule has 3 N–H and O–H groups in total. The van der Waals surface area contributed by atoms with E-state index in [1.807, 2.05) is 24.5 Å². The van der Waals surface area contributed by atoms with E-state index in [-0.39, 0.29) is 24.7 Å². The third-order valence-electron chi connectivity index (χ3n) is 4.08. The molecule has 3 heterocycles. The van der Waals surface area contributed by atoms with Gasteiger partial charge in [0.05, 0.1) is 12.3 Å². The average molecular weight is 303 g/mol. The van der Waals surface area contributed by atoms with Gasteiger partial charge in [-0.2, -0.15) is 0 Å². The van der Waals surface area contributed by atoms with Crippen molar-refractivity contribution in [1.29, 1.82) is 0 Å². The monoisotopic (exact) mass is 303 g/mol. The Morgan fingerprint density at radius 3 is 2.91 bits per heavy atom. The van der Waals surface area contributed by atoms with Crippen LogP contribution in [0.25, 0.3) is 16.9 Å². The number of hydrogen-bond acceptors (Lipinski definition) is 7. The maximum atomic E-state index is 9.61. The number of rotatable bonds is 2. The number of nitrogen functional groups attached to an aromatic ring is 1. The highest BCUT2D eigenvalue weighted by Gasteiger charge is 2.50. The Bertz CT molecular complexity index is 769. The fraction of sp³-hybridized carbons (Fsp3) is 0.500. The summed E-state index contributed by atoms with van der Waals surface area (Å²) in [5.74, 6) is -0.480. The molecule has 3 atom stereocenters. The van der Waals surface area contributed by atoms with E-state index in [1.165, 1.54) is 6.33 Å². The van der Waals surface area contributed by atoms with Crippen molar-refractivity contribution in [3.63, 3.8) is 0 Å². The lowest BCUT2D eigenvalue weighted by molar-refractivity contribution is -0.148. The van der Waals surface area contributed by atoms with E-state index in [0.717, 1.165) is 5.70 Å². The molecule has 4 rings (SSSR count). The van der Waals surface area contributed by atoms with Crippen molar-refractivity contribution in [2.75, 3.05) is 12.3 Å². The summed E-state index contributed by atoms with van der Waals surface area (Å²) in [6, 6.07) is 0. The molecule has 0 amide bonds. The molecule has 0 bridgehead atoms. The van der Waals surface area contributed by atoms with Crippen molar-refractivity contribution in [3.8, 4) is 0 Å². The molecule has 0 unspecified atom stereocenters. The summed E-state index contributed by atoms with van der Waals surface area (Å²) in [6.07, 6.45) is 4.51. The number of anilines is 1. The Morgan fingerprint density at radius 1 is 1.32 bits per heavy atom. The molecule has 2 aromatic heterocycles. The fourth-order valence-corrected chi connectivity index (χ4v) is 3.16. The lowest BCUT2D eigenvalue weighted by atomic mass is 10.1. The summed E-state index contributed by atoms with van der Waals surface area (Å²) in [5.41, 5.74) is 7.85. The molecular formula is C14H17N5O3. The van der Waals surface area contributed by atoms with Crippen molar-refractivity contribution in [2.24, 2.45) is 5.92 Å². The maximum Gasteiger partial charge on any atom is 0.169 e. The zero-order chi connectivity index (χ0) is 15.5. The Hall–Kier alpha value is -2.03. The highest BCUT2D eigenvalue weighted by Crippen LogP contribution is 2.43. The second kappa shape index (κ2) is 4.48. The van der Waals surface area contributed by atoms with Crippen LogP contribution in [-0.2, 0) is 9.47 Å². The van der Waals surface area contributed by atoms with Gasteiger partial charge in [-0.15, -0.1) is 0 Å². The molecular weight excluding hydrogens is 286 g/mol. The van der Waals surface area contributed by atoms with Gasteiger partial charge in [0.15, 0.2) is 22.8 Å². The van der Waals surface area contributed by atoms with Gasteiger partial charge >= 0.3 is 0 Å². The lowest BCUT2D eigenvalue weighted by Crippen LogP contribution is -2.28. The molecule has 0 spiro atoms. The van der Waals surface area contributed by atoms with Crippen molar-refractivity contribution < 1.29 is 14.6 Å². The number of imidazole rings is 1. The summed E-state index contributed by atoms with van der Waals surface area (Å²) < 4.78 is 13.7. The normalized spacial score (nSPS) is 29.8. The minimum atomic E-state index is -0.688. The van der Waals surface area contributed by atoms with Crippen LogP contribution in [0.15, 0.2) is 18.7 Å². The number of nitrogens with zero attached hydrogens (tertiary/aromatic N) is 4. The van der Waals surface area contributed by atoms with E-state index in [9.17, 15) is 5.11 Å². The standard InChI is InChI=1S/C14H17N5O3/c1-14(2)21-10-7(4-20)3-8(11(10)22-14)19-6-18-9-12(15)16-5-17-13(9)19/h3,5-7,10-11,20H,4H2,1-2H3,(H2,15,16,17)/t7-,10-,11-/m1/s1. The number of aromatic nitrogens is 4. The van der Waals surface area contributed by atoms with Crippen molar-refractivity contribution in [3.05, 3.63) is 18.7 Å². The van der Waals surface area contributed by atoms with E-state index in [4.69, 9.17) is 15.2 Å². The first kappa shape index (κ1) is 13.6. The summed E-state index contributed by atoms with van der Waals surface area (Å²) in [4.78, 5) is 12.5. The average Bonchev–Trinajstić information content (AvgIpc) is 3.10. The molecule has 8 heteroatoms. The van der Waals surface area contributed by atoms with E-state index < -0.39 is 5.79 Å². The Kier molecular flexibility index (Phi) is 2.77. The van der Waals surface area contributed by atoms with Gasteiger partial charge in [-0.1, -0.05) is 6.08 Å². The van der Waals surface area contributed by atoms with Crippen LogP contribution in [0.4, 0.5) is 5.82 Å². The molecule has 0 radical (unpaired) electrons. The van der Waals surface area contributed by atoms with Gasteiger partial charge in [0.2, 0.25) is 0 Å². The predicted octanol–water partition coefficient (Wildman–Crippen LogP) is 0.392. The molecule has 0 aromatic carbocycles. The largest absolute Gasteiger partial charge is 0.396 e. The van der Waals surface area contributed by atoms with Crippen LogP contribution in [0.5, 0.6) is 0 Å². The van der Waals surface area contributed by atoms with Gasteiger partial charge in [0.1, 0.15) is 24.9 Å². The summed E-state index contributed by atoms with van der Waals surface area (Å²) in [5, 5.41) is 9.61. The SMILES string of the molecule is CC1(C)O[C@@H]2[C@@H](CO)C=C(n3cnc4c(N)ncnc43)[C@H]2O1. The third kappa shape index (κ3) is 1.84. The highest BCUT2D eigenvalue weighted by atomic mass is 16.8. The summed E-state index contributed by atoms with van der Waals surface area (Å²) in [7, 11) is 0. The minimum Gasteiger partial charge on any atom is -0.396 e. The zero-order valence-corrected chi connectivity index (χ0v) is 12.3. The van der Waals surface area contributed by atoms with E-state index in [2.05, 4.69) is 15.0 Å². The van der Waals surface area contributed by atoms with E-state index in [1.54, 1.807) is 6.33 Å². The van der Waals surface area contributed by atoms with Gasteiger partial charge < -0.3 is 20.3 Å². The number of aliphatic hydroxyl groups excluding tert-OH is 1. The second-order valence-electron chi connectivity index (χ2n) is 6.00. The van der Waals surface area contributed by atoms with Gasteiger partial charge in [0, 0.05) is 5.92 Å². The smallest absolute Gasteiger partial charge is 0.169 e. The van der Waals surface area contributed by atoms with Crippen molar-refractivity contribution >= 4 is 22.7 Å². The Morgan fingerprint density at radius 2 is 2.14 bits per heavy atom. The number of aliphatic hydroxyl groups is 1. The third-order valence-corrected chi connectivity index (χ3v) is 4.08. The molecule has 1 aliphatic heterocycles. The number of nitrogens with two attached hydrogens (primary N) is 1. The molecule has 1 saturated heterocycles. The maximum absolute atomic E-state index is 9.61. The van der Waals surface area contributed by atoms with Crippen LogP contribution < -0.4 is 5.73 Å². The van der Waals surface area contributed by atoms with Crippen LogP contribution in [0, 0.1) is 5.92 Å². The molecule has 0 saturated carbocycles. The van der Waals surface area contributed by atoms with Crippen LogP contribution >= 0.6 is 0 Å². The van der Waals surface area contributed by atoms with Crippen molar-refractivity contribution in [1.82, 2.24) is 19.5 Å². The van der Waals surface area contributed by atoms with Crippen LogP contribution in [0.3, 0.4) is 0 Å². The van der Waals surface area contributed by atoms with Crippen LogP contribution in [0.2, 0.25) is 0 Å². The first-order valence-electron chi connectivity index (χ1n) is 7.12. The summed E-state index contributed by atoms with van der Waals surface area (Å²) in [6.45, 7) is 3.72. The van der Waals surface area contributed by atoms with Gasteiger partial charge in [-0.3, -0.25) is 4.57 Å². The van der Waals surface area contributed by atoms with Gasteiger partial charge in [-0.05, 0) is 13.8 Å². The van der Waals surface area contributed by atoms with E-state index >= 15 is 0 Å². The van der Waals surface area contributed by atoms with E-state index in [0.29, 0.717) is 17.0 Å². The predicted molar refractivity (Wildman–Crippen MR) is 78.4 cm³/mol. The van der Waals surface area contributed by atoms with Gasteiger partial charge in [0.25, 0.3) is 0 Å². The lowest BCUT2D eigenvalue weighted by Gasteiger charge is -2.19. The number of fused-ring (bicyclic) bond motifs is 2. The molecule has 2 aliphatic rings. The highest BCUT2D eigenvalue weighted by molar-refractivity contribution is 5.84. The first-order chi connectivity index (χ1) is 10.5. The second-order valence-corrected chi connectivity index (χ2v) is 6.00. The molecule has 8 nitrogen and oxygen atoms in total. The zero-order valence-electron chi connectivity index (χ0n) is 12.3.